The summed E-state index contributed by atoms with van der Waals surface area (Å²) in [5.74, 6) is 0.134. The van der Waals surface area contributed by atoms with Crippen molar-refractivity contribution in [1.29, 1.82) is 0 Å². The Morgan fingerprint density at radius 3 is 2.97 bits per heavy atom. The first kappa shape index (κ1) is 19.8. The SMILES string of the molecule is O=CN(O)C[C@@H](CC1CCCC1)C(=O)N1C[C@H](F)C[C@H]1c1nc2ccncc2[nH]1. The highest BCUT2D eigenvalue weighted by atomic mass is 19.1. The van der Waals surface area contributed by atoms with Crippen LogP contribution in [0.15, 0.2) is 18.5 Å². The van der Waals surface area contributed by atoms with E-state index in [1.165, 1.54) is 4.90 Å². The number of carbonyl (C=O) groups excluding carboxylic acids is 2. The Labute approximate surface area is 168 Å². The molecule has 2 amide bonds. The topological polar surface area (TPSA) is 102 Å². The predicted octanol–water partition coefficient (Wildman–Crippen LogP) is 2.61. The highest BCUT2D eigenvalue weighted by molar-refractivity contribution is 5.80. The summed E-state index contributed by atoms with van der Waals surface area (Å²) < 4.78 is 14.4. The molecule has 2 aromatic rings. The maximum Gasteiger partial charge on any atom is 0.233 e. The van der Waals surface area contributed by atoms with E-state index < -0.39 is 18.1 Å². The summed E-state index contributed by atoms with van der Waals surface area (Å²) in [5, 5.41) is 10.2. The zero-order chi connectivity index (χ0) is 20.4. The van der Waals surface area contributed by atoms with Crippen LogP contribution >= 0.6 is 0 Å². The van der Waals surface area contributed by atoms with Gasteiger partial charge in [0, 0.05) is 12.6 Å². The van der Waals surface area contributed by atoms with Crippen molar-refractivity contribution in [2.45, 2.75) is 50.7 Å². The number of nitrogens with zero attached hydrogens (tertiary/aromatic N) is 4. The lowest BCUT2D eigenvalue weighted by Gasteiger charge is -2.30. The van der Waals surface area contributed by atoms with E-state index in [1.54, 1.807) is 18.5 Å². The highest BCUT2D eigenvalue weighted by Crippen LogP contribution is 2.37. The van der Waals surface area contributed by atoms with Crippen LogP contribution in [0.4, 0.5) is 4.39 Å². The van der Waals surface area contributed by atoms with Crippen LogP contribution in [0.1, 0.15) is 50.4 Å². The molecule has 1 saturated heterocycles. The molecule has 2 N–H and O–H groups in total. The van der Waals surface area contributed by atoms with Gasteiger partial charge >= 0.3 is 0 Å². The first-order valence-corrected chi connectivity index (χ1v) is 10.2. The van der Waals surface area contributed by atoms with Crippen LogP contribution in [0.25, 0.3) is 11.0 Å². The number of rotatable bonds is 7. The Kier molecular flexibility index (Phi) is 5.75. The fraction of sp³-hybridized carbons (Fsp3) is 0.600. The van der Waals surface area contributed by atoms with E-state index in [0.29, 0.717) is 29.6 Å². The Bertz CT molecular complexity index is 836. The minimum absolute atomic E-state index is 0.00746. The second kappa shape index (κ2) is 8.44. The van der Waals surface area contributed by atoms with E-state index in [9.17, 15) is 19.2 Å². The van der Waals surface area contributed by atoms with Crippen molar-refractivity contribution in [3.05, 3.63) is 24.3 Å². The smallest absolute Gasteiger partial charge is 0.233 e. The third-order valence-electron chi connectivity index (χ3n) is 6.12. The van der Waals surface area contributed by atoms with E-state index >= 15 is 0 Å². The van der Waals surface area contributed by atoms with Gasteiger partial charge in [-0.1, -0.05) is 25.7 Å². The molecule has 2 aromatic heterocycles. The number of H-pyrrole nitrogens is 1. The maximum absolute atomic E-state index is 14.4. The average molecular weight is 403 g/mol. The number of likely N-dealkylation sites (tertiary alicyclic amines) is 1. The molecule has 1 aliphatic heterocycles. The first-order valence-electron chi connectivity index (χ1n) is 10.2. The lowest BCUT2D eigenvalue weighted by Crippen LogP contribution is -2.41. The van der Waals surface area contributed by atoms with E-state index in [-0.39, 0.29) is 25.4 Å². The van der Waals surface area contributed by atoms with Crippen molar-refractivity contribution in [1.82, 2.24) is 24.9 Å². The molecule has 156 valence electrons. The third-order valence-corrected chi connectivity index (χ3v) is 6.12. The number of pyridine rings is 1. The number of alkyl halides is 1. The number of halogens is 1. The van der Waals surface area contributed by atoms with Crippen LogP contribution < -0.4 is 0 Å². The first-order chi connectivity index (χ1) is 14.0. The summed E-state index contributed by atoms with van der Waals surface area (Å²) in [7, 11) is 0. The number of aromatic nitrogens is 3. The van der Waals surface area contributed by atoms with Crippen LogP contribution in [0.3, 0.4) is 0 Å². The van der Waals surface area contributed by atoms with Gasteiger partial charge in [0.15, 0.2) is 0 Å². The number of carbonyl (C=O) groups is 2. The van der Waals surface area contributed by atoms with Crippen molar-refractivity contribution in [2.75, 3.05) is 13.1 Å². The molecule has 29 heavy (non-hydrogen) atoms. The van der Waals surface area contributed by atoms with Crippen LogP contribution in [0.5, 0.6) is 0 Å². The van der Waals surface area contributed by atoms with E-state index in [2.05, 4.69) is 15.0 Å². The number of hydrogen-bond donors (Lipinski definition) is 2. The van der Waals surface area contributed by atoms with E-state index in [0.717, 1.165) is 36.7 Å². The van der Waals surface area contributed by atoms with Crippen LogP contribution in [0.2, 0.25) is 0 Å². The molecule has 0 unspecified atom stereocenters. The van der Waals surface area contributed by atoms with Crippen molar-refractivity contribution >= 4 is 23.4 Å². The van der Waals surface area contributed by atoms with Crippen LogP contribution in [-0.2, 0) is 9.59 Å². The number of amides is 2. The Balaban J connectivity index is 1.57. The van der Waals surface area contributed by atoms with Crippen molar-refractivity contribution in [2.24, 2.45) is 11.8 Å². The zero-order valence-electron chi connectivity index (χ0n) is 16.2. The van der Waals surface area contributed by atoms with Gasteiger partial charge in [-0.05, 0) is 18.4 Å². The minimum Gasteiger partial charge on any atom is -0.339 e. The average Bonchev–Trinajstić information content (AvgIpc) is 3.45. The number of imidazole rings is 1. The monoisotopic (exact) mass is 403 g/mol. The van der Waals surface area contributed by atoms with Crippen LogP contribution in [-0.4, -0.2) is 61.7 Å². The van der Waals surface area contributed by atoms with Gasteiger partial charge in [0.1, 0.15) is 12.0 Å². The van der Waals surface area contributed by atoms with Crippen molar-refractivity contribution in [3.63, 3.8) is 0 Å². The normalized spacial score (nSPS) is 23.6. The second-order valence-corrected chi connectivity index (χ2v) is 8.16. The summed E-state index contributed by atoms with van der Waals surface area (Å²) in [6.07, 6.45) is 7.57. The molecule has 0 spiro atoms. The van der Waals surface area contributed by atoms with Crippen LogP contribution in [0, 0.1) is 11.8 Å². The van der Waals surface area contributed by atoms with Gasteiger partial charge in [-0.3, -0.25) is 19.8 Å². The summed E-state index contributed by atoms with van der Waals surface area (Å²) in [4.78, 5) is 37.6. The third kappa shape index (κ3) is 4.24. The largest absolute Gasteiger partial charge is 0.339 e. The molecule has 0 aromatic carbocycles. The second-order valence-electron chi connectivity index (χ2n) is 8.16. The molecule has 8 nitrogen and oxygen atoms in total. The summed E-state index contributed by atoms with van der Waals surface area (Å²) in [6, 6.07) is 1.26. The summed E-state index contributed by atoms with van der Waals surface area (Å²) in [5.41, 5.74) is 1.46. The molecule has 1 aliphatic carbocycles. The van der Waals surface area contributed by atoms with Gasteiger partial charge < -0.3 is 9.88 Å². The molecular formula is C20H26FN5O3. The quantitative estimate of drug-likeness (QED) is 0.420. The van der Waals surface area contributed by atoms with Gasteiger partial charge in [-0.2, -0.15) is 0 Å². The minimum atomic E-state index is -1.14. The van der Waals surface area contributed by atoms with Gasteiger partial charge in [0.25, 0.3) is 0 Å². The maximum atomic E-state index is 14.4. The number of hydroxylamine groups is 2. The number of aromatic amines is 1. The highest BCUT2D eigenvalue weighted by Gasteiger charge is 2.41. The fourth-order valence-electron chi connectivity index (χ4n) is 4.73. The molecule has 3 atom stereocenters. The van der Waals surface area contributed by atoms with Gasteiger partial charge in [-0.15, -0.1) is 0 Å². The van der Waals surface area contributed by atoms with Crippen molar-refractivity contribution < 1.29 is 19.2 Å². The number of nitrogens with one attached hydrogen (secondary N) is 1. The van der Waals surface area contributed by atoms with Gasteiger partial charge in [0.2, 0.25) is 12.3 Å². The lowest BCUT2D eigenvalue weighted by molar-refractivity contribution is -0.157. The number of fused-ring (bicyclic) bond motifs is 1. The molecule has 0 radical (unpaired) electrons. The van der Waals surface area contributed by atoms with E-state index in [1.807, 2.05) is 0 Å². The summed E-state index contributed by atoms with van der Waals surface area (Å²) >= 11 is 0. The molecule has 3 heterocycles. The molecule has 2 fully saturated rings. The number of hydrogen-bond acceptors (Lipinski definition) is 5. The zero-order valence-corrected chi connectivity index (χ0v) is 16.2. The Morgan fingerprint density at radius 2 is 2.24 bits per heavy atom. The molecule has 1 saturated carbocycles. The molecule has 2 aliphatic rings. The van der Waals surface area contributed by atoms with Gasteiger partial charge in [0.05, 0.1) is 42.3 Å². The fourth-order valence-corrected chi connectivity index (χ4v) is 4.73. The standard InChI is InChI=1S/C20H26FN5O3/c21-15-8-18(19-23-16-5-6-22-9-17(16)24-19)26(11-15)20(28)14(10-25(29)12-27)7-13-3-1-2-4-13/h5-6,9,12-15,18,29H,1-4,7-8,10-11H2,(H,23,24)/t14-,15-,18+/m1/s1. The lowest BCUT2D eigenvalue weighted by atomic mass is 9.91. The Morgan fingerprint density at radius 1 is 1.45 bits per heavy atom. The summed E-state index contributed by atoms with van der Waals surface area (Å²) in [6.45, 7) is -0.0878. The molecular weight excluding hydrogens is 377 g/mol. The molecule has 9 heteroatoms. The Hall–Kier alpha value is -2.55. The van der Waals surface area contributed by atoms with Crippen molar-refractivity contribution in [3.8, 4) is 0 Å². The van der Waals surface area contributed by atoms with E-state index in [4.69, 9.17) is 0 Å². The van der Waals surface area contributed by atoms with Gasteiger partial charge in [-0.25, -0.2) is 14.4 Å². The molecule has 0 bridgehead atoms. The molecule has 4 rings (SSSR count). The predicted molar refractivity (Wildman–Crippen MR) is 102 cm³/mol.